The van der Waals surface area contributed by atoms with E-state index in [9.17, 15) is 4.79 Å². The summed E-state index contributed by atoms with van der Waals surface area (Å²) in [6.07, 6.45) is 6.30. The summed E-state index contributed by atoms with van der Waals surface area (Å²) >= 11 is 1.41. The van der Waals surface area contributed by atoms with E-state index in [4.69, 9.17) is 0 Å². The van der Waals surface area contributed by atoms with Gasteiger partial charge in [-0.1, -0.05) is 24.7 Å². The SMILES string of the molecule is CCC(CCN(C)c1nnc(NC(=O)c2cc(C)nn2CC)s1)N1CCCCC1. The summed E-state index contributed by atoms with van der Waals surface area (Å²) in [6, 6.07) is 2.42. The van der Waals surface area contributed by atoms with Gasteiger partial charge >= 0.3 is 0 Å². The molecule has 0 radical (unpaired) electrons. The summed E-state index contributed by atoms with van der Waals surface area (Å²) < 4.78 is 1.70. The number of carbonyl (C=O) groups excluding carboxylic acids is 1. The van der Waals surface area contributed by atoms with Gasteiger partial charge in [0, 0.05) is 26.2 Å². The zero-order valence-electron chi connectivity index (χ0n) is 18.0. The third-order valence-electron chi connectivity index (χ3n) is 5.57. The van der Waals surface area contributed by atoms with Crippen molar-refractivity contribution < 1.29 is 4.79 Å². The third kappa shape index (κ3) is 5.54. The van der Waals surface area contributed by atoms with Gasteiger partial charge in [-0.15, -0.1) is 10.2 Å². The Kier molecular flexibility index (Phi) is 7.60. The number of hydrogen-bond acceptors (Lipinski definition) is 7. The average molecular weight is 420 g/mol. The number of aryl methyl sites for hydroxylation is 2. The van der Waals surface area contributed by atoms with Crippen LogP contribution in [-0.2, 0) is 6.54 Å². The van der Waals surface area contributed by atoms with Crippen molar-refractivity contribution in [2.45, 2.75) is 65.5 Å². The molecule has 1 saturated heterocycles. The van der Waals surface area contributed by atoms with E-state index in [0.29, 0.717) is 23.4 Å². The van der Waals surface area contributed by atoms with Crippen LogP contribution in [0, 0.1) is 6.92 Å². The zero-order valence-corrected chi connectivity index (χ0v) is 18.8. The lowest BCUT2D eigenvalue weighted by Crippen LogP contribution is -2.40. The van der Waals surface area contributed by atoms with E-state index >= 15 is 0 Å². The molecule has 0 saturated carbocycles. The molecule has 0 bridgehead atoms. The van der Waals surface area contributed by atoms with Crippen LogP contribution in [0.2, 0.25) is 0 Å². The smallest absolute Gasteiger partial charge is 0.275 e. The van der Waals surface area contributed by atoms with E-state index < -0.39 is 0 Å². The van der Waals surface area contributed by atoms with Crippen LogP contribution >= 0.6 is 11.3 Å². The van der Waals surface area contributed by atoms with Gasteiger partial charge < -0.3 is 9.80 Å². The van der Waals surface area contributed by atoms with E-state index in [1.54, 1.807) is 10.7 Å². The van der Waals surface area contributed by atoms with Gasteiger partial charge in [-0.05, 0) is 58.7 Å². The van der Waals surface area contributed by atoms with E-state index in [1.807, 2.05) is 20.9 Å². The molecule has 160 valence electrons. The molecular weight excluding hydrogens is 386 g/mol. The number of carbonyl (C=O) groups is 1. The Morgan fingerprint density at radius 1 is 1.28 bits per heavy atom. The molecule has 8 nitrogen and oxygen atoms in total. The van der Waals surface area contributed by atoms with Crippen molar-refractivity contribution in [3.8, 4) is 0 Å². The Morgan fingerprint density at radius 3 is 2.72 bits per heavy atom. The van der Waals surface area contributed by atoms with Gasteiger partial charge in [-0.25, -0.2) is 0 Å². The summed E-state index contributed by atoms with van der Waals surface area (Å²) in [5.74, 6) is -0.200. The molecule has 1 N–H and O–H groups in total. The van der Waals surface area contributed by atoms with E-state index in [2.05, 4.69) is 37.3 Å². The second-order valence-corrected chi connectivity index (χ2v) is 8.66. The van der Waals surface area contributed by atoms with Crippen LogP contribution in [0.25, 0.3) is 0 Å². The number of likely N-dealkylation sites (tertiary alicyclic amines) is 1. The maximum absolute atomic E-state index is 12.6. The Balaban J connectivity index is 1.55. The number of rotatable bonds is 9. The van der Waals surface area contributed by atoms with E-state index in [0.717, 1.165) is 23.8 Å². The monoisotopic (exact) mass is 419 g/mol. The first-order valence-corrected chi connectivity index (χ1v) is 11.5. The van der Waals surface area contributed by atoms with Crippen molar-refractivity contribution in [1.29, 1.82) is 0 Å². The van der Waals surface area contributed by atoms with Crippen LogP contribution < -0.4 is 10.2 Å². The minimum Gasteiger partial charge on any atom is -0.350 e. The van der Waals surface area contributed by atoms with Gasteiger partial charge in [-0.2, -0.15) is 5.10 Å². The second-order valence-electron chi connectivity index (χ2n) is 7.70. The maximum Gasteiger partial charge on any atom is 0.275 e. The zero-order chi connectivity index (χ0) is 20.8. The van der Waals surface area contributed by atoms with E-state index in [1.165, 1.54) is 50.1 Å². The Labute approximate surface area is 177 Å². The quantitative estimate of drug-likeness (QED) is 0.671. The molecule has 3 rings (SSSR count). The molecule has 1 unspecified atom stereocenters. The highest BCUT2D eigenvalue weighted by molar-refractivity contribution is 7.19. The minimum absolute atomic E-state index is 0.200. The van der Waals surface area contributed by atoms with E-state index in [-0.39, 0.29) is 5.91 Å². The topological polar surface area (TPSA) is 79.2 Å². The normalized spacial score (nSPS) is 16.0. The predicted molar refractivity (Wildman–Crippen MR) is 118 cm³/mol. The molecule has 1 fully saturated rings. The Hall–Kier alpha value is -2.00. The number of amides is 1. The molecule has 2 aromatic heterocycles. The molecule has 1 amide bonds. The number of hydrogen-bond donors (Lipinski definition) is 1. The van der Waals surface area contributed by atoms with Crippen molar-refractivity contribution in [1.82, 2.24) is 24.9 Å². The molecule has 3 heterocycles. The van der Waals surface area contributed by atoms with Crippen LogP contribution in [0.5, 0.6) is 0 Å². The highest BCUT2D eigenvalue weighted by Gasteiger charge is 2.21. The third-order valence-corrected chi connectivity index (χ3v) is 6.52. The second kappa shape index (κ2) is 10.2. The number of nitrogens with one attached hydrogen (secondary N) is 1. The first-order chi connectivity index (χ1) is 14.0. The molecule has 0 spiro atoms. The molecular formula is C20H33N7OS. The van der Waals surface area contributed by atoms with Gasteiger partial charge in [0.1, 0.15) is 5.69 Å². The highest BCUT2D eigenvalue weighted by atomic mass is 32.1. The van der Waals surface area contributed by atoms with Crippen LogP contribution in [0.3, 0.4) is 0 Å². The van der Waals surface area contributed by atoms with Crippen molar-refractivity contribution in [3.05, 3.63) is 17.5 Å². The van der Waals surface area contributed by atoms with Crippen LogP contribution in [0.4, 0.5) is 10.3 Å². The molecule has 0 aromatic carbocycles. The fraction of sp³-hybridized carbons (Fsp3) is 0.700. The number of aromatic nitrogens is 4. The lowest BCUT2D eigenvalue weighted by molar-refractivity contribution is 0.101. The fourth-order valence-corrected chi connectivity index (χ4v) is 4.64. The summed E-state index contributed by atoms with van der Waals surface area (Å²) in [6.45, 7) is 10.2. The largest absolute Gasteiger partial charge is 0.350 e. The number of nitrogens with zero attached hydrogens (tertiary/aromatic N) is 6. The molecule has 1 aliphatic rings. The van der Waals surface area contributed by atoms with Crippen LogP contribution in [0.15, 0.2) is 6.07 Å². The number of piperidine rings is 1. The van der Waals surface area contributed by atoms with Gasteiger partial charge in [-0.3, -0.25) is 14.8 Å². The molecule has 29 heavy (non-hydrogen) atoms. The van der Waals surface area contributed by atoms with Crippen LogP contribution in [0.1, 0.15) is 62.1 Å². The van der Waals surface area contributed by atoms with Crippen molar-refractivity contribution in [3.63, 3.8) is 0 Å². The molecule has 2 aromatic rings. The van der Waals surface area contributed by atoms with Crippen molar-refractivity contribution in [2.75, 3.05) is 36.9 Å². The van der Waals surface area contributed by atoms with Gasteiger partial charge in [0.15, 0.2) is 0 Å². The standard InChI is InChI=1S/C20H33N7OS/c1-5-16(26-11-8-7-9-12-26)10-13-25(4)20-23-22-19(29-20)21-18(28)17-14-15(3)24-27(17)6-2/h14,16H,5-13H2,1-4H3,(H,21,22,28). The summed E-state index contributed by atoms with van der Waals surface area (Å²) in [4.78, 5) is 17.3. The highest BCUT2D eigenvalue weighted by Crippen LogP contribution is 2.25. The average Bonchev–Trinajstić information content (AvgIpc) is 3.35. The predicted octanol–water partition coefficient (Wildman–Crippen LogP) is 3.41. The first-order valence-electron chi connectivity index (χ1n) is 10.7. The van der Waals surface area contributed by atoms with Gasteiger partial charge in [0.05, 0.1) is 5.69 Å². The summed E-state index contributed by atoms with van der Waals surface area (Å²) in [5.41, 5.74) is 1.37. The fourth-order valence-electron chi connectivity index (χ4n) is 3.92. The lowest BCUT2D eigenvalue weighted by atomic mass is 10.0. The minimum atomic E-state index is -0.200. The molecule has 9 heteroatoms. The molecule has 1 aliphatic heterocycles. The Morgan fingerprint density at radius 2 is 2.03 bits per heavy atom. The molecule has 1 atom stereocenters. The van der Waals surface area contributed by atoms with Gasteiger partial charge in [0.25, 0.3) is 5.91 Å². The lowest BCUT2D eigenvalue weighted by Gasteiger charge is -2.34. The summed E-state index contributed by atoms with van der Waals surface area (Å²) in [7, 11) is 2.05. The molecule has 0 aliphatic carbocycles. The Bertz CT molecular complexity index is 797. The van der Waals surface area contributed by atoms with Crippen molar-refractivity contribution in [2.24, 2.45) is 0 Å². The van der Waals surface area contributed by atoms with Crippen LogP contribution in [-0.4, -0.2) is 63.5 Å². The van der Waals surface area contributed by atoms with Crippen molar-refractivity contribution >= 4 is 27.5 Å². The first kappa shape index (κ1) is 21.7. The maximum atomic E-state index is 12.6. The number of anilines is 2. The summed E-state index contributed by atoms with van der Waals surface area (Å²) in [5, 5.41) is 17.0. The van der Waals surface area contributed by atoms with Gasteiger partial charge in [0.2, 0.25) is 10.3 Å².